The third-order valence-electron chi connectivity index (χ3n) is 3.86. The maximum atomic E-state index is 4.86. The predicted octanol–water partition coefficient (Wildman–Crippen LogP) is 3.09. The molecule has 0 saturated heterocycles. The Labute approximate surface area is 164 Å². The number of pyridine rings is 1. The minimum absolute atomic E-state index is 0. The van der Waals surface area contributed by atoms with E-state index in [0.717, 1.165) is 30.1 Å². The van der Waals surface area contributed by atoms with Crippen LogP contribution in [-0.2, 0) is 13.0 Å². The van der Waals surface area contributed by atoms with Crippen LogP contribution in [0.25, 0.3) is 10.9 Å². The van der Waals surface area contributed by atoms with Crippen molar-refractivity contribution in [3.05, 3.63) is 60.1 Å². The Morgan fingerprint density at radius 2 is 2.08 bits per heavy atom. The van der Waals surface area contributed by atoms with Crippen molar-refractivity contribution in [1.82, 2.24) is 20.4 Å². The van der Waals surface area contributed by atoms with Gasteiger partial charge in [0.2, 0.25) is 0 Å². The van der Waals surface area contributed by atoms with Crippen LogP contribution in [0.4, 0.5) is 0 Å². The highest BCUT2D eigenvalue weighted by atomic mass is 127. The Bertz CT molecular complexity index is 814. The minimum Gasteiger partial charge on any atom is -0.364 e. The molecule has 0 saturated carbocycles. The molecular formula is C18H22IN5O. The number of guanidine groups is 1. The van der Waals surface area contributed by atoms with Gasteiger partial charge in [-0.1, -0.05) is 29.4 Å². The number of halogens is 1. The molecule has 6 nitrogen and oxygen atoms in total. The zero-order chi connectivity index (χ0) is 16.8. The van der Waals surface area contributed by atoms with E-state index in [1.165, 1.54) is 10.9 Å². The molecule has 0 aliphatic rings. The van der Waals surface area contributed by atoms with Crippen molar-refractivity contribution in [1.29, 1.82) is 0 Å². The van der Waals surface area contributed by atoms with E-state index in [0.29, 0.717) is 6.54 Å². The molecule has 0 spiro atoms. The smallest absolute Gasteiger partial charge is 0.193 e. The van der Waals surface area contributed by atoms with Crippen molar-refractivity contribution >= 4 is 40.8 Å². The Hall–Kier alpha value is -2.16. The summed E-state index contributed by atoms with van der Waals surface area (Å²) in [6.45, 7) is 1.43. The first-order chi connectivity index (χ1) is 11.8. The molecule has 1 N–H and O–H groups in total. The van der Waals surface area contributed by atoms with E-state index in [2.05, 4.69) is 44.7 Å². The molecule has 1 aromatic carbocycles. The fourth-order valence-corrected chi connectivity index (χ4v) is 2.70. The average molecular weight is 451 g/mol. The predicted molar refractivity (Wildman–Crippen MR) is 110 cm³/mol. The van der Waals surface area contributed by atoms with Gasteiger partial charge in [-0.25, -0.2) is 0 Å². The number of aromatic nitrogens is 2. The topological polar surface area (TPSA) is 66.6 Å². The number of benzene rings is 1. The van der Waals surface area contributed by atoms with Crippen LogP contribution in [0.15, 0.2) is 58.4 Å². The number of aliphatic imine (C=N–C) groups is 1. The van der Waals surface area contributed by atoms with Gasteiger partial charge in [-0.3, -0.25) is 9.98 Å². The fraction of sp³-hybridized carbons (Fsp3) is 0.278. The molecule has 2 aromatic heterocycles. The number of hydrogen-bond donors (Lipinski definition) is 1. The van der Waals surface area contributed by atoms with Gasteiger partial charge in [0, 0.05) is 38.3 Å². The van der Waals surface area contributed by atoms with Gasteiger partial charge < -0.3 is 14.7 Å². The van der Waals surface area contributed by atoms with Crippen molar-refractivity contribution in [2.45, 2.75) is 13.0 Å². The molecule has 2 heterocycles. The molecule has 132 valence electrons. The Kier molecular flexibility index (Phi) is 7.17. The first-order valence-corrected chi connectivity index (χ1v) is 7.91. The Balaban J connectivity index is 0.00000225. The van der Waals surface area contributed by atoms with Gasteiger partial charge >= 0.3 is 0 Å². The Morgan fingerprint density at radius 3 is 2.84 bits per heavy atom. The van der Waals surface area contributed by atoms with Crippen molar-refractivity contribution < 1.29 is 4.52 Å². The van der Waals surface area contributed by atoms with Gasteiger partial charge in [-0.2, -0.15) is 0 Å². The average Bonchev–Trinajstić information content (AvgIpc) is 3.11. The molecule has 0 bridgehead atoms. The largest absolute Gasteiger partial charge is 0.364 e. The molecule has 0 aliphatic carbocycles. The summed E-state index contributed by atoms with van der Waals surface area (Å²) in [7, 11) is 3.75. The second-order valence-electron chi connectivity index (χ2n) is 5.56. The number of nitrogens with one attached hydrogen (secondary N) is 1. The summed E-state index contributed by atoms with van der Waals surface area (Å²) in [5.41, 5.74) is 3.17. The van der Waals surface area contributed by atoms with Gasteiger partial charge in [0.15, 0.2) is 5.96 Å². The fourth-order valence-electron chi connectivity index (χ4n) is 2.70. The third-order valence-corrected chi connectivity index (χ3v) is 3.86. The molecular weight excluding hydrogens is 429 g/mol. The van der Waals surface area contributed by atoms with Gasteiger partial charge in [0.25, 0.3) is 0 Å². The summed E-state index contributed by atoms with van der Waals surface area (Å²) in [6, 6.07) is 12.2. The van der Waals surface area contributed by atoms with Crippen LogP contribution < -0.4 is 5.32 Å². The Morgan fingerprint density at radius 1 is 1.24 bits per heavy atom. The van der Waals surface area contributed by atoms with Crippen LogP contribution in [0.2, 0.25) is 0 Å². The van der Waals surface area contributed by atoms with Gasteiger partial charge in [-0.05, 0) is 18.1 Å². The zero-order valence-corrected chi connectivity index (χ0v) is 16.7. The first kappa shape index (κ1) is 19.2. The van der Waals surface area contributed by atoms with E-state index in [1.807, 2.05) is 30.3 Å². The molecule has 0 fully saturated rings. The lowest BCUT2D eigenvalue weighted by molar-refractivity contribution is 0.391. The molecule has 3 aromatic rings. The van der Waals surface area contributed by atoms with Gasteiger partial charge in [0.05, 0.1) is 12.1 Å². The number of fused-ring (bicyclic) bond motifs is 1. The molecule has 25 heavy (non-hydrogen) atoms. The lowest BCUT2D eigenvalue weighted by Gasteiger charge is -2.21. The highest BCUT2D eigenvalue weighted by Gasteiger charge is 2.08. The molecule has 0 unspecified atom stereocenters. The number of para-hydroxylation sites is 1. The molecule has 0 radical (unpaired) electrons. The number of rotatable bonds is 5. The van der Waals surface area contributed by atoms with Crippen molar-refractivity contribution in [2.75, 3.05) is 20.6 Å². The van der Waals surface area contributed by atoms with Gasteiger partial charge in [-0.15, -0.1) is 24.0 Å². The van der Waals surface area contributed by atoms with Crippen molar-refractivity contribution in [3.8, 4) is 0 Å². The van der Waals surface area contributed by atoms with E-state index in [9.17, 15) is 0 Å². The van der Waals surface area contributed by atoms with E-state index in [1.54, 1.807) is 13.3 Å². The second kappa shape index (κ2) is 9.36. The standard InChI is InChI=1S/C18H21N5O.HI/c1-19-18(23(2)13-16-9-12-24-22-16)21-11-8-15-6-3-5-14-7-4-10-20-17(14)15;/h3-7,9-10,12H,8,11,13H2,1-2H3,(H,19,21);1H. The molecule has 0 aliphatic heterocycles. The lowest BCUT2D eigenvalue weighted by Crippen LogP contribution is -2.39. The van der Waals surface area contributed by atoms with Crippen molar-refractivity contribution in [3.63, 3.8) is 0 Å². The highest BCUT2D eigenvalue weighted by Crippen LogP contribution is 2.16. The minimum atomic E-state index is 0. The molecule has 0 atom stereocenters. The van der Waals surface area contributed by atoms with Crippen LogP contribution in [0.3, 0.4) is 0 Å². The van der Waals surface area contributed by atoms with Crippen LogP contribution >= 0.6 is 24.0 Å². The maximum absolute atomic E-state index is 4.86. The first-order valence-electron chi connectivity index (χ1n) is 7.91. The van der Waals surface area contributed by atoms with E-state index in [4.69, 9.17) is 4.52 Å². The van der Waals surface area contributed by atoms with Gasteiger partial charge in [0.1, 0.15) is 12.0 Å². The lowest BCUT2D eigenvalue weighted by atomic mass is 10.1. The van der Waals surface area contributed by atoms with E-state index < -0.39 is 0 Å². The summed E-state index contributed by atoms with van der Waals surface area (Å²) in [6.07, 6.45) is 4.29. The molecule has 7 heteroatoms. The van der Waals surface area contributed by atoms with Crippen LogP contribution in [-0.4, -0.2) is 41.6 Å². The summed E-state index contributed by atoms with van der Waals surface area (Å²) in [5.74, 6) is 0.825. The summed E-state index contributed by atoms with van der Waals surface area (Å²) >= 11 is 0. The normalized spacial score (nSPS) is 11.2. The zero-order valence-electron chi connectivity index (χ0n) is 14.3. The summed E-state index contributed by atoms with van der Waals surface area (Å²) in [5, 5.41) is 8.48. The highest BCUT2D eigenvalue weighted by molar-refractivity contribution is 14.0. The van der Waals surface area contributed by atoms with Crippen LogP contribution in [0, 0.1) is 0 Å². The summed E-state index contributed by atoms with van der Waals surface area (Å²) in [4.78, 5) is 10.8. The maximum Gasteiger partial charge on any atom is 0.193 e. The quantitative estimate of drug-likeness (QED) is 0.367. The second-order valence-corrected chi connectivity index (χ2v) is 5.56. The number of nitrogens with zero attached hydrogens (tertiary/aromatic N) is 4. The third kappa shape index (κ3) is 4.91. The number of hydrogen-bond acceptors (Lipinski definition) is 4. The molecule has 3 rings (SSSR count). The monoisotopic (exact) mass is 451 g/mol. The van der Waals surface area contributed by atoms with Crippen LogP contribution in [0.5, 0.6) is 0 Å². The van der Waals surface area contributed by atoms with Crippen LogP contribution in [0.1, 0.15) is 11.3 Å². The van der Waals surface area contributed by atoms with E-state index in [-0.39, 0.29) is 24.0 Å². The van der Waals surface area contributed by atoms with Crippen molar-refractivity contribution in [2.24, 2.45) is 4.99 Å². The summed E-state index contributed by atoms with van der Waals surface area (Å²) < 4.78 is 4.86. The molecule has 0 amide bonds. The van der Waals surface area contributed by atoms with E-state index >= 15 is 0 Å². The SMILES string of the molecule is CN=C(NCCc1cccc2cccnc12)N(C)Cc1ccon1.I.